The molecule has 2 bridgehead atoms. The molecule has 2 atom stereocenters. The number of hydrogen-bond donors (Lipinski definition) is 1. The first-order valence-electron chi connectivity index (χ1n) is 10.8. The third kappa shape index (κ3) is 3.79. The number of fused-ring (bicyclic) bond motifs is 3. The molecule has 0 saturated carbocycles. The van der Waals surface area contributed by atoms with Crippen molar-refractivity contribution in [3.63, 3.8) is 0 Å². The van der Waals surface area contributed by atoms with Gasteiger partial charge in [0.2, 0.25) is 0 Å². The summed E-state index contributed by atoms with van der Waals surface area (Å²) in [4.78, 5) is 15.5. The number of benzene rings is 3. The molecule has 3 nitrogen and oxygen atoms in total. The summed E-state index contributed by atoms with van der Waals surface area (Å²) in [7, 11) is 0. The molecule has 0 spiro atoms. The van der Waals surface area contributed by atoms with Crippen molar-refractivity contribution in [2.45, 2.75) is 57.3 Å². The van der Waals surface area contributed by atoms with E-state index in [1.54, 1.807) is 0 Å². The Balaban J connectivity index is 1.24. The fraction of sp³-hybridized carbons (Fsp3) is 0.346. The van der Waals surface area contributed by atoms with Crippen LogP contribution in [0.25, 0.3) is 10.8 Å². The van der Waals surface area contributed by atoms with Gasteiger partial charge in [-0.15, -0.1) is 0 Å². The molecule has 2 aliphatic heterocycles. The van der Waals surface area contributed by atoms with Gasteiger partial charge in [0.15, 0.2) is 0 Å². The number of carbonyl (C=O) groups excluding carboxylic acids is 1. The third-order valence-corrected chi connectivity index (χ3v) is 6.72. The van der Waals surface area contributed by atoms with Crippen LogP contribution >= 0.6 is 0 Å². The molecule has 2 aliphatic rings. The van der Waals surface area contributed by atoms with Gasteiger partial charge in [0.25, 0.3) is 5.91 Å². The molecule has 3 aromatic rings. The molecule has 148 valence electrons. The number of nitrogens with one attached hydrogen (secondary N) is 1. The van der Waals surface area contributed by atoms with Crippen LogP contribution in [0.4, 0.5) is 0 Å². The highest BCUT2D eigenvalue weighted by Crippen LogP contribution is 2.37. The quantitative estimate of drug-likeness (QED) is 0.681. The lowest BCUT2D eigenvalue weighted by atomic mass is 9.96. The second kappa shape index (κ2) is 7.64. The molecule has 2 unspecified atom stereocenters. The smallest absolute Gasteiger partial charge is 0.251 e. The van der Waals surface area contributed by atoms with E-state index >= 15 is 0 Å². The number of hydrogen-bond acceptors (Lipinski definition) is 2. The van der Waals surface area contributed by atoms with E-state index in [2.05, 4.69) is 53.5 Å². The van der Waals surface area contributed by atoms with Gasteiger partial charge in [-0.25, -0.2) is 0 Å². The van der Waals surface area contributed by atoms with E-state index in [0.29, 0.717) is 12.1 Å². The zero-order chi connectivity index (χ0) is 19.8. The Kier molecular flexibility index (Phi) is 4.84. The fourth-order valence-corrected chi connectivity index (χ4v) is 5.15. The minimum Gasteiger partial charge on any atom is -0.349 e. The molecule has 2 fully saturated rings. The van der Waals surface area contributed by atoms with Gasteiger partial charge in [0, 0.05) is 30.2 Å². The first-order valence-corrected chi connectivity index (χ1v) is 10.8. The number of rotatable bonds is 4. The van der Waals surface area contributed by atoms with E-state index in [4.69, 9.17) is 0 Å². The van der Waals surface area contributed by atoms with E-state index in [1.165, 1.54) is 29.4 Å². The normalized spacial score (nSPS) is 24.0. The van der Waals surface area contributed by atoms with Gasteiger partial charge in [0.1, 0.15) is 0 Å². The van der Waals surface area contributed by atoms with Crippen molar-refractivity contribution in [2.75, 3.05) is 0 Å². The van der Waals surface area contributed by atoms with Crippen molar-refractivity contribution < 1.29 is 4.79 Å². The zero-order valence-electron chi connectivity index (χ0n) is 17.0. The Bertz CT molecular complexity index is 1010. The van der Waals surface area contributed by atoms with Crippen molar-refractivity contribution in [2.24, 2.45) is 0 Å². The lowest BCUT2D eigenvalue weighted by Crippen LogP contribution is -2.49. The summed E-state index contributed by atoms with van der Waals surface area (Å²) in [5.74, 6) is 0.0622. The molecule has 1 amide bonds. The predicted molar refractivity (Wildman–Crippen MR) is 118 cm³/mol. The number of nitrogens with zero attached hydrogens (tertiary/aromatic N) is 1. The predicted octanol–water partition coefficient (Wildman–Crippen LogP) is 5.07. The Labute approximate surface area is 172 Å². The summed E-state index contributed by atoms with van der Waals surface area (Å²) in [5, 5.41) is 5.62. The molecule has 0 aromatic heterocycles. The largest absolute Gasteiger partial charge is 0.349 e. The van der Waals surface area contributed by atoms with Crippen LogP contribution < -0.4 is 5.32 Å². The van der Waals surface area contributed by atoms with E-state index in [1.807, 2.05) is 30.3 Å². The minimum atomic E-state index is 0.0622. The van der Waals surface area contributed by atoms with Crippen LogP contribution in [0.15, 0.2) is 66.7 Å². The van der Waals surface area contributed by atoms with Crippen LogP contribution in [0.1, 0.15) is 47.2 Å². The van der Waals surface area contributed by atoms with Crippen LogP contribution in [0.2, 0.25) is 0 Å². The van der Waals surface area contributed by atoms with Gasteiger partial charge in [-0.05, 0) is 61.1 Å². The van der Waals surface area contributed by atoms with Crippen LogP contribution in [0.3, 0.4) is 0 Å². The highest BCUT2D eigenvalue weighted by Gasteiger charge is 2.40. The highest BCUT2D eigenvalue weighted by atomic mass is 16.1. The Morgan fingerprint density at radius 2 is 1.62 bits per heavy atom. The Morgan fingerprint density at radius 1 is 0.931 bits per heavy atom. The number of aryl methyl sites for hydroxylation is 1. The first kappa shape index (κ1) is 18.4. The summed E-state index contributed by atoms with van der Waals surface area (Å²) in [6.45, 7) is 3.16. The molecule has 5 rings (SSSR count). The highest BCUT2D eigenvalue weighted by molar-refractivity contribution is 5.98. The molecule has 2 saturated heterocycles. The molecule has 0 aliphatic carbocycles. The molecule has 1 N–H and O–H groups in total. The first-order chi connectivity index (χ1) is 14.2. The van der Waals surface area contributed by atoms with Crippen molar-refractivity contribution >= 4 is 16.7 Å². The Morgan fingerprint density at radius 3 is 2.34 bits per heavy atom. The number of amides is 1. The summed E-state index contributed by atoms with van der Waals surface area (Å²) in [5.41, 5.74) is 3.47. The van der Waals surface area contributed by atoms with Gasteiger partial charge in [-0.3, -0.25) is 9.69 Å². The molecule has 29 heavy (non-hydrogen) atoms. The standard InChI is InChI=1S/C26H28N2O/c1-18-6-8-19(9-7-18)17-28-24-12-13-25(28)16-23(15-24)27-26(29)22-11-10-20-4-2-3-5-21(20)14-22/h2-11,14,23-25H,12-13,15-17H2,1H3,(H,27,29). The van der Waals surface area contributed by atoms with Crippen LogP contribution in [0.5, 0.6) is 0 Å². The van der Waals surface area contributed by atoms with Crippen molar-refractivity contribution in [3.8, 4) is 0 Å². The average Bonchev–Trinajstić information content (AvgIpc) is 2.97. The molecular weight excluding hydrogens is 356 g/mol. The van der Waals surface area contributed by atoms with E-state index in [-0.39, 0.29) is 11.9 Å². The maximum absolute atomic E-state index is 12.9. The summed E-state index contributed by atoms with van der Waals surface area (Å²) < 4.78 is 0. The van der Waals surface area contributed by atoms with Crippen molar-refractivity contribution in [1.29, 1.82) is 0 Å². The summed E-state index contributed by atoms with van der Waals surface area (Å²) in [6.07, 6.45) is 4.61. The molecule has 0 radical (unpaired) electrons. The third-order valence-electron chi connectivity index (χ3n) is 6.72. The van der Waals surface area contributed by atoms with E-state index in [9.17, 15) is 4.79 Å². The van der Waals surface area contributed by atoms with Gasteiger partial charge in [0.05, 0.1) is 0 Å². The minimum absolute atomic E-state index is 0.0622. The lowest BCUT2D eigenvalue weighted by Gasteiger charge is -2.39. The average molecular weight is 385 g/mol. The van der Waals surface area contributed by atoms with Gasteiger partial charge >= 0.3 is 0 Å². The molecule has 3 aromatic carbocycles. The molecule has 2 heterocycles. The topological polar surface area (TPSA) is 32.3 Å². The Hall–Kier alpha value is -2.65. The number of carbonyl (C=O) groups is 1. The molecular formula is C26H28N2O. The number of piperidine rings is 1. The van der Waals surface area contributed by atoms with Crippen molar-refractivity contribution in [3.05, 3.63) is 83.4 Å². The summed E-state index contributed by atoms with van der Waals surface area (Å²) >= 11 is 0. The second-order valence-corrected chi connectivity index (χ2v) is 8.75. The monoisotopic (exact) mass is 384 g/mol. The SMILES string of the molecule is Cc1ccc(CN2C3CCC2CC(NC(=O)c2ccc4ccccc4c2)C3)cc1. The maximum atomic E-state index is 12.9. The van der Waals surface area contributed by atoms with Crippen LogP contribution in [-0.4, -0.2) is 28.9 Å². The van der Waals surface area contributed by atoms with Crippen molar-refractivity contribution in [1.82, 2.24) is 10.2 Å². The van der Waals surface area contributed by atoms with Gasteiger partial charge in [-0.1, -0.05) is 60.2 Å². The van der Waals surface area contributed by atoms with Crippen LogP contribution in [0, 0.1) is 6.92 Å². The lowest BCUT2D eigenvalue weighted by molar-refractivity contribution is 0.0828. The second-order valence-electron chi connectivity index (χ2n) is 8.75. The maximum Gasteiger partial charge on any atom is 0.251 e. The summed E-state index contributed by atoms with van der Waals surface area (Å²) in [6, 6.07) is 24.5. The fourth-order valence-electron chi connectivity index (χ4n) is 5.15. The van der Waals surface area contributed by atoms with E-state index < -0.39 is 0 Å². The molecule has 3 heteroatoms. The van der Waals surface area contributed by atoms with Crippen LogP contribution in [-0.2, 0) is 6.54 Å². The van der Waals surface area contributed by atoms with Gasteiger partial charge in [-0.2, -0.15) is 0 Å². The zero-order valence-corrected chi connectivity index (χ0v) is 17.0. The van der Waals surface area contributed by atoms with E-state index in [0.717, 1.165) is 30.3 Å². The van der Waals surface area contributed by atoms with Gasteiger partial charge < -0.3 is 5.32 Å².